The van der Waals surface area contributed by atoms with E-state index in [9.17, 15) is 9.90 Å². The van der Waals surface area contributed by atoms with Gasteiger partial charge in [0.1, 0.15) is 0 Å². The Hall–Kier alpha value is -2.07. The fourth-order valence-corrected chi connectivity index (χ4v) is 1.99. The molecule has 0 aliphatic carbocycles. The molecule has 0 unspecified atom stereocenters. The zero-order valence-electron chi connectivity index (χ0n) is 11.7. The predicted molar refractivity (Wildman–Crippen MR) is 77.3 cm³/mol. The third-order valence-corrected chi connectivity index (χ3v) is 3.27. The van der Waals surface area contributed by atoms with Crippen molar-refractivity contribution in [3.63, 3.8) is 0 Å². The van der Waals surface area contributed by atoms with Gasteiger partial charge in [0.05, 0.1) is 18.9 Å². The highest BCUT2D eigenvalue weighted by atomic mass is 16.3. The topological polar surface area (TPSA) is 62.5 Å². The Bertz CT molecular complexity index is 560. The summed E-state index contributed by atoms with van der Waals surface area (Å²) in [6.07, 6.45) is 1.50. The number of carbonyl (C=O) groups excluding carboxylic acids is 1. The SMILES string of the molecule is CC(C)[C@@H](CO)NC(=O)c1occc1-c1ccccc1. The summed E-state index contributed by atoms with van der Waals surface area (Å²) in [4.78, 5) is 12.3. The number of benzene rings is 1. The summed E-state index contributed by atoms with van der Waals surface area (Å²) in [5, 5.41) is 12.1. The third kappa shape index (κ3) is 3.08. The molecule has 0 saturated heterocycles. The van der Waals surface area contributed by atoms with Gasteiger partial charge in [-0.25, -0.2) is 0 Å². The minimum Gasteiger partial charge on any atom is -0.459 e. The standard InChI is InChI=1S/C16H19NO3/c1-11(2)14(10-18)17-16(19)15-13(8-9-20-15)12-6-4-3-5-7-12/h3-9,11,14,18H,10H2,1-2H3,(H,17,19)/t14-/m1/s1. The molecule has 106 valence electrons. The molecule has 20 heavy (non-hydrogen) atoms. The van der Waals surface area contributed by atoms with Gasteiger partial charge >= 0.3 is 0 Å². The molecule has 1 heterocycles. The van der Waals surface area contributed by atoms with Gasteiger partial charge in [-0.05, 0) is 17.5 Å². The average Bonchev–Trinajstić information content (AvgIpc) is 2.94. The van der Waals surface area contributed by atoms with Crippen LogP contribution >= 0.6 is 0 Å². The van der Waals surface area contributed by atoms with Crippen LogP contribution in [0.25, 0.3) is 11.1 Å². The number of carbonyl (C=O) groups is 1. The highest BCUT2D eigenvalue weighted by molar-refractivity contribution is 5.98. The molecule has 4 nitrogen and oxygen atoms in total. The maximum absolute atomic E-state index is 12.3. The number of aliphatic hydroxyl groups is 1. The van der Waals surface area contributed by atoms with E-state index in [1.807, 2.05) is 44.2 Å². The van der Waals surface area contributed by atoms with Gasteiger partial charge in [0.2, 0.25) is 0 Å². The van der Waals surface area contributed by atoms with Crippen LogP contribution < -0.4 is 5.32 Å². The van der Waals surface area contributed by atoms with Crippen LogP contribution in [0.3, 0.4) is 0 Å². The Labute approximate surface area is 118 Å². The molecule has 0 bridgehead atoms. The van der Waals surface area contributed by atoms with E-state index in [0.717, 1.165) is 11.1 Å². The monoisotopic (exact) mass is 273 g/mol. The van der Waals surface area contributed by atoms with Gasteiger partial charge in [-0.15, -0.1) is 0 Å². The van der Waals surface area contributed by atoms with Crippen molar-refractivity contribution in [3.8, 4) is 11.1 Å². The largest absolute Gasteiger partial charge is 0.459 e. The third-order valence-electron chi connectivity index (χ3n) is 3.27. The lowest BCUT2D eigenvalue weighted by atomic mass is 10.0. The smallest absolute Gasteiger partial charge is 0.287 e. The van der Waals surface area contributed by atoms with Crippen LogP contribution in [-0.2, 0) is 0 Å². The van der Waals surface area contributed by atoms with E-state index < -0.39 is 0 Å². The number of hydrogen-bond donors (Lipinski definition) is 2. The molecule has 4 heteroatoms. The average molecular weight is 273 g/mol. The van der Waals surface area contributed by atoms with Gasteiger partial charge in [-0.1, -0.05) is 44.2 Å². The number of furan rings is 1. The maximum Gasteiger partial charge on any atom is 0.287 e. The lowest BCUT2D eigenvalue weighted by molar-refractivity contribution is 0.0870. The molecule has 0 radical (unpaired) electrons. The van der Waals surface area contributed by atoms with Gasteiger partial charge in [-0.3, -0.25) is 4.79 Å². The molecule has 2 N–H and O–H groups in total. The van der Waals surface area contributed by atoms with Gasteiger partial charge < -0.3 is 14.8 Å². The van der Waals surface area contributed by atoms with Crippen molar-refractivity contribution < 1.29 is 14.3 Å². The molecule has 0 spiro atoms. The van der Waals surface area contributed by atoms with Crippen molar-refractivity contribution >= 4 is 5.91 Å². The van der Waals surface area contributed by atoms with Gasteiger partial charge in [0.15, 0.2) is 5.76 Å². The van der Waals surface area contributed by atoms with E-state index in [1.165, 1.54) is 6.26 Å². The van der Waals surface area contributed by atoms with E-state index in [-0.39, 0.29) is 30.2 Å². The van der Waals surface area contributed by atoms with E-state index in [4.69, 9.17) is 4.42 Å². The van der Waals surface area contributed by atoms with Crippen molar-refractivity contribution in [2.24, 2.45) is 5.92 Å². The number of aliphatic hydroxyl groups excluding tert-OH is 1. The first kappa shape index (κ1) is 14.3. The molecular formula is C16H19NO3. The van der Waals surface area contributed by atoms with Crippen LogP contribution in [0.5, 0.6) is 0 Å². The Morgan fingerprint density at radius 2 is 1.95 bits per heavy atom. The fourth-order valence-electron chi connectivity index (χ4n) is 1.99. The number of rotatable bonds is 5. The molecule has 1 amide bonds. The lowest BCUT2D eigenvalue weighted by Gasteiger charge is -2.19. The minimum atomic E-state index is -0.304. The molecule has 1 atom stereocenters. The van der Waals surface area contributed by atoms with E-state index in [0.29, 0.717) is 0 Å². The zero-order valence-corrected chi connectivity index (χ0v) is 11.7. The normalized spacial score (nSPS) is 12.4. The summed E-state index contributed by atoms with van der Waals surface area (Å²) in [6, 6.07) is 11.1. The summed E-state index contributed by atoms with van der Waals surface area (Å²) in [5.74, 6) is 0.121. The lowest BCUT2D eigenvalue weighted by Crippen LogP contribution is -2.41. The molecule has 2 rings (SSSR count). The van der Waals surface area contributed by atoms with Gasteiger partial charge in [0, 0.05) is 5.56 Å². The molecule has 2 aromatic rings. The van der Waals surface area contributed by atoms with Crippen molar-refractivity contribution in [2.45, 2.75) is 19.9 Å². The molecule has 1 aromatic carbocycles. The summed E-state index contributed by atoms with van der Waals surface area (Å²) < 4.78 is 5.31. The molecule has 0 saturated carbocycles. The highest BCUT2D eigenvalue weighted by Crippen LogP contribution is 2.24. The Morgan fingerprint density at radius 3 is 2.55 bits per heavy atom. The molecule has 1 aromatic heterocycles. The van der Waals surface area contributed by atoms with Crippen molar-refractivity contribution in [2.75, 3.05) is 6.61 Å². The van der Waals surface area contributed by atoms with Crippen LogP contribution in [0.15, 0.2) is 47.1 Å². The quantitative estimate of drug-likeness (QED) is 0.880. The Balaban J connectivity index is 2.22. The van der Waals surface area contributed by atoms with E-state index in [2.05, 4.69) is 5.32 Å². The molecular weight excluding hydrogens is 254 g/mol. The van der Waals surface area contributed by atoms with Crippen LogP contribution in [0.1, 0.15) is 24.4 Å². The highest BCUT2D eigenvalue weighted by Gasteiger charge is 2.21. The van der Waals surface area contributed by atoms with Crippen molar-refractivity contribution in [3.05, 3.63) is 48.4 Å². The Morgan fingerprint density at radius 1 is 1.25 bits per heavy atom. The zero-order chi connectivity index (χ0) is 14.5. The van der Waals surface area contributed by atoms with Crippen LogP contribution in [0.2, 0.25) is 0 Å². The molecule has 0 aliphatic rings. The second-order valence-electron chi connectivity index (χ2n) is 5.04. The van der Waals surface area contributed by atoms with Crippen LogP contribution in [0, 0.1) is 5.92 Å². The molecule has 0 fully saturated rings. The predicted octanol–water partition coefficient (Wildman–Crippen LogP) is 2.69. The molecule has 0 aliphatic heterocycles. The van der Waals surface area contributed by atoms with Crippen molar-refractivity contribution in [1.29, 1.82) is 0 Å². The second-order valence-corrected chi connectivity index (χ2v) is 5.04. The summed E-state index contributed by atoms with van der Waals surface area (Å²) >= 11 is 0. The van der Waals surface area contributed by atoms with Gasteiger partial charge in [-0.2, -0.15) is 0 Å². The first-order chi connectivity index (χ1) is 9.63. The van der Waals surface area contributed by atoms with E-state index in [1.54, 1.807) is 6.07 Å². The van der Waals surface area contributed by atoms with Crippen molar-refractivity contribution in [1.82, 2.24) is 5.32 Å². The van der Waals surface area contributed by atoms with Crippen LogP contribution in [-0.4, -0.2) is 23.7 Å². The maximum atomic E-state index is 12.3. The first-order valence-corrected chi connectivity index (χ1v) is 6.68. The second kappa shape index (κ2) is 6.39. The minimum absolute atomic E-state index is 0.0925. The summed E-state index contributed by atoms with van der Waals surface area (Å²) in [7, 11) is 0. The number of hydrogen-bond acceptors (Lipinski definition) is 3. The van der Waals surface area contributed by atoms with Crippen LogP contribution in [0.4, 0.5) is 0 Å². The van der Waals surface area contributed by atoms with E-state index >= 15 is 0 Å². The van der Waals surface area contributed by atoms with Gasteiger partial charge in [0.25, 0.3) is 5.91 Å². The number of amides is 1. The summed E-state index contributed by atoms with van der Waals surface area (Å²) in [6.45, 7) is 3.80. The summed E-state index contributed by atoms with van der Waals surface area (Å²) in [5.41, 5.74) is 1.68. The number of nitrogens with one attached hydrogen (secondary N) is 1. The fraction of sp³-hybridized carbons (Fsp3) is 0.312. The Kier molecular flexibility index (Phi) is 4.58. The first-order valence-electron chi connectivity index (χ1n) is 6.68.